The molecule has 5 rings (SSSR count). The van der Waals surface area contributed by atoms with Gasteiger partial charge in [-0.2, -0.15) is 4.98 Å². The van der Waals surface area contributed by atoms with Crippen molar-refractivity contribution >= 4 is 29.7 Å². The van der Waals surface area contributed by atoms with Gasteiger partial charge in [-0.15, -0.1) is 0 Å². The van der Waals surface area contributed by atoms with E-state index < -0.39 is 0 Å². The molecular formula is C28H33N5O5. The number of pyridine rings is 1. The van der Waals surface area contributed by atoms with Gasteiger partial charge < -0.3 is 29.4 Å². The molecule has 2 aromatic carbocycles. The number of anilines is 1. The largest absolute Gasteiger partial charge is 0.493 e. The van der Waals surface area contributed by atoms with Gasteiger partial charge in [0.1, 0.15) is 0 Å². The van der Waals surface area contributed by atoms with Crippen molar-refractivity contribution in [2.24, 2.45) is 0 Å². The van der Waals surface area contributed by atoms with Gasteiger partial charge in [0.2, 0.25) is 18.7 Å². The number of carbonyl (C=O) groups is 2. The molecule has 38 heavy (non-hydrogen) atoms. The lowest BCUT2D eigenvalue weighted by atomic mass is 10.1. The van der Waals surface area contributed by atoms with Gasteiger partial charge in [-0.3, -0.25) is 9.59 Å². The van der Waals surface area contributed by atoms with Crippen LogP contribution in [0.4, 0.5) is 5.69 Å². The van der Waals surface area contributed by atoms with Gasteiger partial charge in [-0.05, 0) is 67.4 Å². The minimum atomic E-state index is 0.492. The SMILES string of the molecule is COc1ccc(C)cc1OC.Cc1cc(NC=O)cc(-c2nc3ncccc3o2)c1.O=CN1CCNCC1. The van der Waals surface area contributed by atoms with Crippen LogP contribution in [0.25, 0.3) is 22.7 Å². The lowest BCUT2D eigenvalue weighted by Crippen LogP contribution is -2.42. The zero-order valence-electron chi connectivity index (χ0n) is 22.1. The number of amides is 2. The second-order valence-corrected chi connectivity index (χ2v) is 8.44. The lowest BCUT2D eigenvalue weighted by Gasteiger charge is -2.22. The molecule has 10 heteroatoms. The second kappa shape index (κ2) is 14.3. The maximum atomic E-state index is 10.5. The summed E-state index contributed by atoms with van der Waals surface area (Å²) in [7, 11) is 3.27. The summed E-state index contributed by atoms with van der Waals surface area (Å²) in [4.78, 5) is 30.8. The molecule has 3 heterocycles. The minimum absolute atomic E-state index is 0.492. The number of ether oxygens (including phenoxy) is 2. The Morgan fingerprint density at radius 2 is 1.74 bits per heavy atom. The molecule has 0 atom stereocenters. The first-order chi connectivity index (χ1) is 18.5. The van der Waals surface area contributed by atoms with E-state index in [0.29, 0.717) is 29.2 Å². The molecule has 2 amide bonds. The van der Waals surface area contributed by atoms with Gasteiger partial charge in [0.25, 0.3) is 0 Å². The standard InChI is InChI=1S/C14H11N3O2.C9H12O2.C5H10N2O/c1-9-5-10(7-11(6-9)16-8-18)14-17-13-12(19-14)3-2-4-15-13;1-7-4-5-8(10-2)9(6-7)11-3;8-5-7-3-1-6-2-4-7/h2-8H,1H3,(H,16,18);4-6H,1-3H3;5-6H,1-4H2. The van der Waals surface area contributed by atoms with Gasteiger partial charge in [0, 0.05) is 43.6 Å². The van der Waals surface area contributed by atoms with Crippen LogP contribution in [0.3, 0.4) is 0 Å². The highest BCUT2D eigenvalue weighted by Crippen LogP contribution is 2.27. The van der Waals surface area contributed by atoms with Crippen LogP contribution in [0.15, 0.2) is 59.1 Å². The lowest BCUT2D eigenvalue weighted by molar-refractivity contribution is -0.118. The van der Waals surface area contributed by atoms with Gasteiger partial charge >= 0.3 is 0 Å². The number of nitrogens with zero attached hydrogens (tertiary/aromatic N) is 3. The van der Waals surface area contributed by atoms with E-state index in [9.17, 15) is 9.59 Å². The number of carbonyl (C=O) groups excluding carboxylic acids is 2. The maximum Gasteiger partial charge on any atom is 0.228 e. The summed E-state index contributed by atoms with van der Waals surface area (Å²) in [6.45, 7) is 7.58. The number of piperazine rings is 1. The Balaban J connectivity index is 0.000000178. The van der Waals surface area contributed by atoms with Gasteiger partial charge in [-0.1, -0.05) is 6.07 Å². The number of aryl methyl sites for hydroxylation is 2. The highest BCUT2D eigenvalue weighted by Gasteiger charge is 2.10. The van der Waals surface area contributed by atoms with Crippen LogP contribution in [0, 0.1) is 13.8 Å². The minimum Gasteiger partial charge on any atom is -0.493 e. The third-order valence-corrected chi connectivity index (χ3v) is 5.55. The molecule has 1 saturated heterocycles. The monoisotopic (exact) mass is 519 g/mol. The fraction of sp³-hybridized carbons (Fsp3) is 0.286. The predicted octanol–water partition coefficient (Wildman–Crippen LogP) is 3.83. The van der Waals surface area contributed by atoms with Crippen LogP contribution in [0.5, 0.6) is 11.5 Å². The number of hydrogen-bond acceptors (Lipinski definition) is 8. The number of hydrogen-bond donors (Lipinski definition) is 2. The van der Waals surface area contributed by atoms with Crippen molar-refractivity contribution in [1.82, 2.24) is 20.2 Å². The Kier molecular flexibility index (Phi) is 10.6. The van der Waals surface area contributed by atoms with Crippen LogP contribution < -0.4 is 20.1 Å². The van der Waals surface area contributed by atoms with Crippen molar-refractivity contribution in [3.63, 3.8) is 0 Å². The first kappa shape index (κ1) is 28.1. The number of fused-ring (bicyclic) bond motifs is 1. The molecule has 2 aromatic heterocycles. The summed E-state index contributed by atoms with van der Waals surface area (Å²) >= 11 is 0. The van der Waals surface area contributed by atoms with Crippen molar-refractivity contribution < 1.29 is 23.5 Å². The highest BCUT2D eigenvalue weighted by molar-refractivity contribution is 5.77. The molecule has 0 radical (unpaired) electrons. The van der Waals surface area contributed by atoms with Crippen LogP contribution in [0.2, 0.25) is 0 Å². The summed E-state index contributed by atoms with van der Waals surface area (Å²) in [6.07, 6.45) is 3.22. The van der Waals surface area contributed by atoms with Crippen LogP contribution in [-0.4, -0.2) is 68.1 Å². The molecule has 0 unspecified atom stereocenters. The first-order valence-electron chi connectivity index (χ1n) is 12.1. The molecule has 4 aromatic rings. The van der Waals surface area contributed by atoms with E-state index >= 15 is 0 Å². The Labute approximate surface area is 222 Å². The Bertz CT molecular complexity index is 1300. The molecule has 1 fully saturated rings. The summed E-state index contributed by atoms with van der Waals surface area (Å²) in [6, 6.07) is 15.1. The summed E-state index contributed by atoms with van der Waals surface area (Å²) < 4.78 is 15.8. The number of oxazole rings is 1. The van der Waals surface area contributed by atoms with E-state index in [0.717, 1.165) is 55.2 Å². The second-order valence-electron chi connectivity index (χ2n) is 8.44. The van der Waals surface area contributed by atoms with E-state index in [1.165, 1.54) is 5.56 Å². The van der Waals surface area contributed by atoms with Crippen molar-refractivity contribution in [2.75, 3.05) is 45.7 Å². The van der Waals surface area contributed by atoms with E-state index in [2.05, 4.69) is 20.6 Å². The summed E-state index contributed by atoms with van der Waals surface area (Å²) in [5.41, 5.74) is 4.91. The molecule has 0 saturated carbocycles. The van der Waals surface area contributed by atoms with Crippen molar-refractivity contribution in [2.45, 2.75) is 13.8 Å². The maximum absolute atomic E-state index is 10.5. The predicted molar refractivity (Wildman–Crippen MR) is 146 cm³/mol. The van der Waals surface area contributed by atoms with E-state index in [1.54, 1.807) is 31.4 Å². The third-order valence-electron chi connectivity index (χ3n) is 5.55. The summed E-state index contributed by atoms with van der Waals surface area (Å²) in [5, 5.41) is 5.78. The number of rotatable bonds is 6. The molecule has 200 valence electrons. The number of benzene rings is 2. The first-order valence-corrected chi connectivity index (χ1v) is 12.1. The average Bonchev–Trinajstić information content (AvgIpc) is 3.39. The molecule has 1 aliphatic rings. The van der Waals surface area contributed by atoms with Crippen molar-refractivity contribution in [3.05, 3.63) is 65.9 Å². The number of nitrogens with one attached hydrogen (secondary N) is 2. The van der Waals surface area contributed by atoms with Crippen molar-refractivity contribution in [1.29, 1.82) is 0 Å². The van der Waals surface area contributed by atoms with E-state index in [1.807, 2.05) is 56.3 Å². The molecule has 0 bridgehead atoms. The van der Waals surface area contributed by atoms with E-state index in [-0.39, 0.29) is 0 Å². The Hall–Kier alpha value is -4.44. The fourth-order valence-corrected chi connectivity index (χ4v) is 3.68. The zero-order valence-corrected chi connectivity index (χ0v) is 22.1. The normalized spacial score (nSPS) is 12.4. The van der Waals surface area contributed by atoms with Gasteiger partial charge in [-0.25, -0.2) is 4.98 Å². The fourth-order valence-electron chi connectivity index (χ4n) is 3.68. The van der Waals surface area contributed by atoms with E-state index in [4.69, 9.17) is 13.9 Å². The molecule has 2 N–H and O–H groups in total. The van der Waals surface area contributed by atoms with Crippen molar-refractivity contribution in [3.8, 4) is 23.0 Å². The summed E-state index contributed by atoms with van der Waals surface area (Å²) in [5.74, 6) is 2.05. The number of aromatic nitrogens is 2. The number of methoxy groups -OCH3 is 2. The molecule has 0 aliphatic carbocycles. The topological polar surface area (TPSA) is 119 Å². The average molecular weight is 520 g/mol. The third kappa shape index (κ3) is 8.04. The molecular weight excluding hydrogens is 486 g/mol. The quantitative estimate of drug-likeness (QED) is 0.369. The van der Waals surface area contributed by atoms with Crippen LogP contribution >= 0.6 is 0 Å². The Morgan fingerprint density at radius 1 is 0.974 bits per heavy atom. The van der Waals surface area contributed by atoms with Gasteiger partial charge in [0.05, 0.1) is 14.2 Å². The smallest absolute Gasteiger partial charge is 0.228 e. The molecule has 0 spiro atoms. The van der Waals surface area contributed by atoms with Gasteiger partial charge in [0.15, 0.2) is 22.7 Å². The molecule has 10 nitrogen and oxygen atoms in total. The highest BCUT2D eigenvalue weighted by atomic mass is 16.5. The van der Waals surface area contributed by atoms with Crippen LogP contribution in [0.1, 0.15) is 11.1 Å². The zero-order chi connectivity index (χ0) is 27.3. The Morgan fingerprint density at radius 3 is 2.37 bits per heavy atom. The van der Waals surface area contributed by atoms with Crippen LogP contribution in [-0.2, 0) is 9.59 Å². The molecule has 1 aliphatic heterocycles.